The van der Waals surface area contributed by atoms with Gasteiger partial charge in [0, 0.05) is 23.1 Å². The Morgan fingerprint density at radius 1 is 1.19 bits per heavy atom. The second kappa shape index (κ2) is 5.93. The first-order valence-electron chi connectivity index (χ1n) is 9.91. The first-order valence-corrected chi connectivity index (χ1v) is 9.91. The van der Waals surface area contributed by atoms with Gasteiger partial charge in [0.2, 0.25) is 0 Å². The average Bonchev–Trinajstić information content (AvgIpc) is 3.12. The lowest BCUT2D eigenvalue weighted by atomic mass is 9.72. The molecule has 1 aliphatic heterocycles. The van der Waals surface area contributed by atoms with Crippen molar-refractivity contribution in [2.45, 2.75) is 58.1 Å². The van der Waals surface area contributed by atoms with Crippen LogP contribution in [0.3, 0.4) is 0 Å². The molecule has 26 heavy (non-hydrogen) atoms. The molecule has 0 radical (unpaired) electrons. The van der Waals surface area contributed by atoms with E-state index in [-0.39, 0.29) is 11.3 Å². The zero-order valence-corrected chi connectivity index (χ0v) is 16.7. The van der Waals surface area contributed by atoms with Gasteiger partial charge in [-0.05, 0) is 51.4 Å². The monoisotopic (exact) mass is 353 g/mol. The summed E-state index contributed by atoms with van der Waals surface area (Å²) in [6.07, 6.45) is 2.03. The number of benzene rings is 1. The van der Waals surface area contributed by atoms with E-state index < -0.39 is 5.60 Å². The average molecular weight is 354 g/mol. The van der Waals surface area contributed by atoms with Gasteiger partial charge < -0.3 is 10.0 Å². The van der Waals surface area contributed by atoms with Crippen molar-refractivity contribution in [1.29, 1.82) is 0 Å². The van der Waals surface area contributed by atoms with E-state index in [2.05, 4.69) is 68.6 Å². The first-order chi connectivity index (χ1) is 12.3. The molecule has 1 N–H and O–H groups in total. The number of piperidine rings is 1. The van der Waals surface area contributed by atoms with E-state index in [0.29, 0.717) is 0 Å². The van der Waals surface area contributed by atoms with Crippen LogP contribution in [0, 0.1) is 5.92 Å². The summed E-state index contributed by atoms with van der Waals surface area (Å²) in [5.74, 6) is 0.233. The Bertz CT molecular complexity index is 824. The van der Waals surface area contributed by atoms with Crippen LogP contribution in [0.5, 0.6) is 0 Å². The Morgan fingerprint density at radius 3 is 2.46 bits per heavy atom. The summed E-state index contributed by atoms with van der Waals surface area (Å²) in [5.41, 5.74) is 4.46. The number of aromatic nitrogens is 2. The SMILES string of the molecule is CCn1nc(C(C)(C)C)c2c1-c1ccccc1C2(O)C1CCN(C)CC1. The third-order valence-corrected chi connectivity index (χ3v) is 6.25. The maximum atomic E-state index is 12.3. The van der Waals surface area contributed by atoms with E-state index in [0.717, 1.165) is 60.6 Å². The van der Waals surface area contributed by atoms with Gasteiger partial charge in [0.15, 0.2) is 0 Å². The fourth-order valence-corrected chi connectivity index (χ4v) is 4.86. The molecule has 4 heteroatoms. The smallest absolute Gasteiger partial charge is 0.122 e. The summed E-state index contributed by atoms with van der Waals surface area (Å²) in [5, 5.41) is 17.3. The molecular weight excluding hydrogens is 322 g/mol. The molecule has 0 spiro atoms. The molecule has 0 bridgehead atoms. The van der Waals surface area contributed by atoms with E-state index >= 15 is 0 Å². The van der Waals surface area contributed by atoms with E-state index in [1.807, 2.05) is 0 Å². The van der Waals surface area contributed by atoms with Crippen molar-refractivity contribution >= 4 is 0 Å². The van der Waals surface area contributed by atoms with Crippen LogP contribution in [-0.4, -0.2) is 39.9 Å². The molecule has 1 aliphatic carbocycles. The summed E-state index contributed by atoms with van der Waals surface area (Å²) in [7, 11) is 2.17. The third-order valence-electron chi connectivity index (χ3n) is 6.25. The van der Waals surface area contributed by atoms with Crippen molar-refractivity contribution < 1.29 is 5.11 Å². The standard InChI is InChI=1S/C22H31N3O/c1-6-25-19-16-9-7-8-10-17(16)22(26,15-11-13-24(5)14-12-15)18(19)20(23-25)21(2,3)4/h7-10,15,26H,6,11-14H2,1-5H3. The minimum atomic E-state index is -0.927. The Labute approximate surface area is 156 Å². The molecule has 1 saturated heterocycles. The molecule has 2 aliphatic rings. The molecule has 1 fully saturated rings. The second-order valence-corrected chi connectivity index (χ2v) is 9.03. The van der Waals surface area contributed by atoms with Crippen LogP contribution < -0.4 is 0 Å². The van der Waals surface area contributed by atoms with Crippen molar-refractivity contribution in [2.75, 3.05) is 20.1 Å². The maximum Gasteiger partial charge on any atom is 0.122 e. The number of rotatable bonds is 2. The van der Waals surface area contributed by atoms with Crippen molar-refractivity contribution in [1.82, 2.24) is 14.7 Å². The zero-order valence-electron chi connectivity index (χ0n) is 16.7. The lowest BCUT2D eigenvalue weighted by Crippen LogP contribution is -2.43. The highest BCUT2D eigenvalue weighted by molar-refractivity contribution is 5.79. The van der Waals surface area contributed by atoms with Crippen LogP contribution >= 0.6 is 0 Å². The molecule has 2 heterocycles. The molecule has 0 saturated carbocycles. The lowest BCUT2D eigenvalue weighted by molar-refractivity contribution is -0.00846. The molecule has 1 unspecified atom stereocenters. The number of aryl methyl sites for hydroxylation is 1. The van der Waals surface area contributed by atoms with Gasteiger partial charge in [0.1, 0.15) is 5.60 Å². The molecular formula is C22H31N3O. The van der Waals surface area contributed by atoms with Crippen molar-refractivity contribution in [2.24, 2.45) is 5.92 Å². The summed E-state index contributed by atoms with van der Waals surface area (Å²) >= 11 is 0. The molecule has 2 aromatic rings. The number of nitrogens with zero attached hydrogens (tertiary/aromatic N) is 3. The number of aliphatic hydroxyl groups is 1. The highest BCUT2D eigenvalue weighted by atomic mass is 16.3. The molecule has 1 aromatic heterocycles. The zero-order chi connectivity index (χ0) is 18.7. The van der Waals surface area contributed by atoms with Gasteiger partial charge in [0.05, 0.1) is 11.4 Å². The van der Waals surface area contributed by atoms with Crippen molar-refractivity contribution in [3.8, 4) is 11.3 Å². The Kier molecular flexibility index (Phi) is 4.05. The fourth-order valence-electron chi connectivity index (χ4n) is 4.86. The van der Waals surface area contributed by atoms with E-state index in [1.54, 1.807) is 0 Å². The lowest BCUT2D eigenvalue weighted by Gasteiger charge is -2.40. The molecule has 140 valence electrons. The summed E-state index contributed by atoms with van der Waals surface area (Å²) in [4.78, 5) is 2.36. The predicted molar refractivity (Wildman–Crippen MR) is 105 cm³/mol. The van der Waals surface area contributed by atoms with Crippen LogP contribution in [0.2, 0.25) is 0 Å². The summed E-state index contributed by atoms with van der Waals surface area (Å²) in [6, 6.07) is 8.42. The molecule has 0 amide bonds. The highest BCUT2D eigenvalue weighted by Gasteiger charge is 2.52. The topological polar surface area (TPSA) is 41.3 Å². The van der Waals surface area contributed by atoms with Crippen LogP contribution in [0.4, 0.5) is 0 Å². The molecule has 1 atom stereocenters. The van der Waals surface area contributed by atoms with E-state index in [4.69, 9.17) is 5.10 Å². The van der Waals surface area contributed by atoms with Gasteiger partial charge in [-0.3, -0.25) is 4.68 Å². The molecule has 4 nitrogen and oxygen atoms in total. The predicted octanol–water partition coefficient (Wildman–Crippen LogP) is 3.76. The first kappa shape index (κ1) is 17.7. The fraction of sp³-hybridized carbons (Fsp3) is 0.591. The van der Waals surface area contributed by atoms with Crippen molar-refractivity contribution in [3.05, 3.63) is 41.1 Å². The number of likely N-dealkylation sites (tertiary alicyclic amines) is 1. The van der Waals surface area contributed by atoms with Crippen LogP contribution in [0.25, 0.3) is 11.3 Å². The number of hydrogen-bond acceptors (Lipinski definition) is 3. The Balaban J connectivity index is 1.98. The van der Waals surface area contributed by atoms with Gasteiger partial charge in [0.25, 0.3) is 0 Å². The van der Waals surface area contributed by atoms with Crippen molar-refractivity contribution in [3.63, 3.8) is 0 Å². The van der Waals surface area contributed by atoms with Crippen LogP contribution in [0.15, 0.2) is 24.3 Å². The molecule has 4 rings (SSSR count). The normalized spacial score (nSPS) is 23.9. The largest absolute Gasteiger partial charge is 0.380 e. The Hall–Kier alpha value is -1.65. The highest BCUT2D eigenvalue weighted by Crippen LogP contribution is 2.55. The van der Waals surface area contributed by atoms with E-state index in [1.165, 1.54) is 0 Å². The summed E-state index contributed by atoms with van der Waals surface area (Å²) < 4.78 is 2.10. The number of hydrogen-bond donors (Lipinski definition) is 1. The van der Waals surface area contributed by atoms with Gasteiger partial charge in [-0.15, -0.1) is 0 Å². The third kappa shape index (κ3) is 2.39. The maximum absolute atomic E-state index is 12.3. The van der Waals surface area contributed by atoms with Gasteiger partial charge in [-0.1, -0.05) is 45.0 Å². The molecule has 1 aromatic carbocycles. The van der Waals surface area contributed by atoms with Crippen LogP contribution in [0.1, 0.15) is 57.4 Å². The minimum Gasteiger partial charge on any atom is -0.380 e. The van der Waals surface area contributed by atoms with Gasteiger partial charge in [-0.25, -0.2) is 0 Å². The Morgan fingerprint density at radius 2 is 1.85 bits per heavy atom. The van der Waals surface area contributed by atoms with Gasteiger partial charge in [-0.2, -0.15) is 5.10 Å². The number of fused-ring (bicyclic) bond motifs is 3. The quantitative estimate of drug-likeness (QED) is 0.894. The second-order valence-electron chi connectivity index (χ2n) is 9.03. The van der Waals surface area contributed by atoms with E-state index in [9.17, 15) is 5.11 Å². The summed E-state index contributed by atoms with van der Waals surface area (Å²) in [6.45, 7) is 11.6. The van der Waals surface area contributed by atoms with Crippen LogP contribution in [-0.2, 0) is 17.6 Å². The minimum absolute atomic E-state index is 0.105. The van der Waals surface area contributed by atoms with Gasteiger partial charge >= 0.3 is 0 Å².